The van der Waals surface area contributed by atoms with Crippen LogP contribution in [0, 0.1) is 11.3 Å². The topological polar surface area (TPSA) is 71.3 Å². The van der Waals surface area contributed by atoms with E-state index < -0.39 is 11.7 Å². The van der Waals surface area contributed by atoms with Crippen LogP contribution in [0.2, 0.25) is 0 Å². The summed E-state index contributed by atoms with van der Waals surface area (Å²) >= 11 is 0. The molecule has 1 aromatic rings. The zero-order valence-electron chi connectivity index (χ0n) is 12.6. The lowest BCUT2D eigenvalue weighted by Crippen LogP contribution is -2.44. The summed E-state index contributed by atoms with van der Waals surface area (Å²) < 4.78 is 10.9. The van der Waals surface area contributed by atoms with Gasteiger partial charge < -0.3 is 14.8 Å². The second kappa shape index (κ2) is 5.65. The molecule has 5 heteroatoms. The lowest BCUT2D eigenvalue weighted by Gasteiger charge is -2.23. The summed E-state index contributed by atoms with van der Waals surface area (Å²) in [6.45, 7) is 5.86. The van der Waals surface area contributed by atoms with Crippen LogP contribution in [-0.2, 0) is 4.74 Å². The van der Waals surface area contributed by atoms with E-state index >= 15 is 0 Å². The molecule has 112 valence electrons. The Kier molecular flexibility index (Phi) is 4.08. The van der Waals surface area contributed by atoms with Gasteiger partial charge in [0.05, 0.1) is 17.2 Å². The second-order valence-corrected chi connectivity index (χ2v) is 6.34. The minimum atomic E-state index is -0.512. The predicted molar refractivity (Wildman–Crippen MR) is 78.0 cm³/mol. The maximum absolute atomic E-state index is 11.8. The number of hydrogen-bond donors (Lipinski definition) is 1. The summed E-state index contributed by atoms with van der Waals surface area (Å²) in [6, 6.07) is 9.04. The number of rotatable bonds is 4. The van der Waals surface area contributed by atoms with Gasteiger partial charge in [0.1, 0.15) is 18.0 Å². The summed E-state index contributed by atoms with van der Waals surface area (Å²) in [4.78, 5) is 11.8. The van der Waals surface area contributed by atoms with Crippen molar-refractivity contribution in [2.75, 3.05) is 6.61 Å². The third-order valence-corrected chi connectivity index (χ3v) is 3.10. The van der Waals surface area contributed by atoms with Crippen LogP contribution in [0.25, 0.3) is 0 Å². The van der Waals surface area contributed by atoms with Crippen molar-refractivity contribution in [2.45, 2.75) is 44.8 Å². The maximum atomic E-state index is 11.8. The monoisotopic (exact) mass is 288 g/mol. The Labute approximate surface area is 124 Å². The number of carbonyl (C=O) groups excluding carboxylic acids is 1. The van der Waals surface area contributed by atoms with Gasteiger partial charge >= 0.3 is 6.09 Å². The van der Waals surface area contributed by atoms with E-state index in [9.17, 15) is 4.79 Å². The summed E-state index contributed by atoms with van der Waals surface area (Å²) in [6.07, 6.45) is 1.31. The van der Waals surface area contributed by atoms with Crippen LogP contribution in [0.1, 0.15) is 39.2 Å². The van der Waals surface area contributed by atoms with Crippen LogP contribution in [0.3, 0.4) is 0 Å². The van der Waals surface area contributed by atoms with Crippen LogP contribution >= 0.6 is 0 Å². The van der Waals surface area contributed by atoms with Gasteiger partial charge in [-0.25, -0.2) is 4.79 Å². The Morgan fingerprint density at radius 1 is 1.43 bits per heavy atom. The number of alkyl carbamates (subject to hydrolysis) is 1. The first-order valence-electron chi connectivity index (χ1n) is 6.96. The van der Waals surface area contributed by atoms with Gasteiger partial charge in [-0.1, -0.05) is 6.07 Å². The van der Waals surface area contributed by atoms with E-state index in [0.717, 1.165) is 12.8 Å². The number of nitriles is 1. The van der Waals surface area contributed by atoms with E-state index in [1.165, 1.54) is 0 Å². The van der Waals surface area contributed by atoms with Gasteiger partial charge in [-0.3, -0.25) is 0 Å². The van der Waals surface area contributed by atoms with Crippen LogP contribution in [0.4, 0.5) is 4.79 Å². The number of nitrogens with zero attached hydrogens (tertiary/aromatic N) is 1. The lowest BCUT2D eigenvalue weighted by molar-refractivity contribution is 0.0477. The molecule has 1 aromatic carbocycles. The standard InChI is InChI=1S/C16H20N2O3/c1-15(2,3)21-14(19)18-16(7-8-16)11-20-13-6-4-5-12(9-13)10-17/h4-6,9H,7-8,11H2,1-3H3,(H,18,19). The fourth-order valence-electron chi connectivity index (χ4n) is 1.85. The molecule has 1 fully saturated rings. The summed E-state index contributed by atoms with van der Waals surface area (Å²) in [5.41, 5.74) is -0.301. The van der Waals surface area contributed by atoms with Crippen molar-refractivity contribution in [3.63, 3.8) is 0 Å². The van der Waals surface area contributed by atoms with Crippen molar-refractivity contribution in [1.29, 1.82) is 5.26 Å². The fourth-order valence-corrected chi connectivity index (χ4v) is 1.85. The summed E-state index contributed by atoms with van der Waals surface area (Å²) in [7, 11) is 0. The number of nitrogens with one attached hydrogen (secondary N) is 1. The largest absolute Gasteiger partial charge is 0.491 e. The molecule has 0 bridgehead atoms. The first-order valence-corrected chi connectivity index (χ1v) is 6.96. The Morgan fingerprint density at radius 2 is 2.14 bits per heavy atom. The zero-order chi connectivity index (χ0) is 15.5. The van der Waals surface area contributed by atoms with Crippen LogP contribution in [0.5, 0.6) is 5.75 Å². The van der Waals surface area contributed by atoms with Gasteiger partial charge in [0.25, 0.3) is 0 Å². The SMILES string of the molecule is CC(C)(C)OC(=O)NC1(COc2cccc(C#N)c2)CC1. The Morgan fingerprint density at radius 3 is 2.71 bits per heavy atom. The van der Waals surface area contributed by atoms with Gasteiger partial charge in [0.15, 0.2) is 0 Å². The van der Waals surface area contributed by atoms with Gasteiger partial charge in [-0.15, -0.1) is 0 Å². The average molecular weight is 288 g/mol. The van der Waals surface area contributed by atoms with Gasteiger partial charge in [0.2, 0.25) is 0 Å². The van der Waals surface area contributed by atoms with Crippen molar-refractivity contribution < 1.29 is 14.3 Å². The Balaban J connectivity index is 1.88. The van der Waals surface area contributed by atoms with Crippen molar-refractivity contribution >= 4 is 6.09 Å². The van der Waals surface area contributed by atoms with E-state index in [4.69, 9.17) is 14.7 Å². The smallest absolute Gasteiger partial charge is 0.408 e. The second-order valence-electron chi connectivity index (χ2n) is 6.34. The van der Waals surface area contributed by atoms with E-state index in [1.807, 2.05) is 20.8 Å². The number of amides is 1. The molecule has 2 rings (SSSR count). The average Bonchev–Trinajstić information content (AvgIpc) is 3.14. The molecule has 1 amide bonds. The highest BCUT2D eigenvalue weighted by atomic mass is 16.6. The molecule has 1 aliphatic carbocycles. The zero-order valence-corrected chi connectivity index (χ0v) is 12.6. The maximum Gasteiger partial charge on any atom is 0.408 e. The number of ether oxygens (including phenoxy) is 2. The third kappa shape index (κ3) is 4.67. The van der Waals surface area contributed by atoms with E-state index in [1.54, 1.807) is 24.3 Å². The molecule has 0 radical (unpaired) electrons. The Bertz CT molecular complexity index is 566. The molecular weight excluding hydrogens is 268 g/mol. The fraction of sp³-hybridized carbons (Fsp3) is 0.500. The Hall–Kier alpha value is -2.22. The number of benzene rings is 1. The third-order valence-electron chi connectivity index (χ3n) is 3.10. The molecule has 1 aliphatic rings. The van der Waals surface area contributed by atoms with Crippen molar-refractivity contribution in [3.8, 4) is 11.8 Å². The van der Waals surface area contributed by atoms with Crippen molar-refractivity contribution in [3.05, 3.63) is 29.8 Å². The number of hydrogen-bond acceptors (Lipinski definition) is 4. The van der Waals surface area contributed by atoms with E-state index in [-0.39, 0.29) is 5.54 Å². The molecular formula is C16H20N2O3. The molecule has 21 heavy (non-hydrogen) atoms. The molecule has 1 N–H and O–H groups in total. The highest BCUT2D eigenvalue weighted by molar-refractivity contribution is 5.69. The van der Waals surface area contributed by atoms with Gasteiger partial charge in [-0.2, -0.15) is 5.26 Å². The molecule has 0 atom stereocenters. The predicted octanol–water partition coefficient (Wildman–Crippen LogP) is 2.99. The molecule has 0 spiro atoms. The molecule has 0 aliphatic heterocycles. The van der Waals surface area contributed by atoms with Crippen LogP contribution in [-0.4, -0.2) is 23.8 Å². The molecule has 0 unspecified atom stereocenters. The van der Waals surface area contributed by atoms with Crippen molar-refractivity contribution in [2.24, 2.45) is 0 Å². The minimum Gasteiger partial charge on any atom is -0.491 e. The molecule has 0 saturated heterocycles. The molecule has 0 aromatic heterocycles. The van der Waals surface area contributed by atoms with Crippen LogP contribution < -0.4 is 10.1 Å². The first kappa shape index (κ1) is 15.2. The molecule has 0 heterocycles. The highest BCUT2D eigenvalue weighted by Gasteiger charge is 2.46. The lowest BCUT2D eigenvalue weighted by atomic mass is 10.2. The van der Waals surface area contributed by atoms with E-state index in [2.05, 4.69) is 11.4 Å². The first-order chi connectivity index (χ1) is 9.82. The molecule has 5 nitrogen and oxygen atoms in total. The number of carbonyl (C=O) groups is 1. The highest BCUT2D eigenvalue weighted by Crippen LogP contribution is 2.36. The quantitative estimate of drug-likeness (QED) is 0.924. The van der Waals surface area contributed by atoms with Crippen LogP contribution in [0.15, 0.2) is 24.3 Å². The van der Waals surface area contributed by atoms with Gasteiger partial charge in [0, 0.05) is 0 Å². The summed E-state index contributed by atoms with van der Waals surface area (Å²) in [5, 5.41) is 11.7. The molecule has 1 saturated carbocycles. The minimum absolute atomic E-state index is 0.342. The van der Waals surface area contributed by atoms with Gasteiger partial charge in [-0.05, 0) is 51.8 Å². The van der Waals surface area contributed by atoms with Crippen molar-refractivity contribution in [1.82, 2.24) is 5.32 Å². The normalized spacial score (nSPS) is 15.7. The summed E-state index contributed by atoms with van der Waals surface area (Å²) in [5.74, 6) is 0.631. The van der Waals surface area contributed by atoms with E-state index in [0.29, 0.717) is 17.9 Å².